The number of allylic oxidation sites excluding steroid dienone is 1. The van der Waals surface area contributed by atoms with Gasteiger partial charge in [-0.25, -0.2) is 4.79 Å². The zero-order chi connectivity index (χ0) is 40.4. The molecule has 0 amide bonds. The number of carboxylic acid groups (broad SMARTS) is 1. The quantitative estimate of drug-likeness (QED) is 0.0856. The highest BCUT2D eigenvalue weighted by Gasteiger charge is 2.56. The van der Waals surface area contributed by atoms with Crippen molar-refractivity contribution in [3.63, 3.8) is 0 Å². The van der Waals surface area contributed by atoms with Gasteiger partial charge in [-0.2, -0.15) is 0 Å². The number of aliphatic carboxylic acids is 1. The van der Waals surface area contributed by atoms with Crippen LogP contribution in [0.5, 0.6) is 0 Å². The molecule has 3 heterocycles. The molecular weight excluding hydrogens is 732 g/mol. The van der Waals surface area contributed by atoms with Gasteiger partial charge < -0.3 is 79.9 Å². The van der Waals surface area contributed by atoms with Gasteiger partial charge in [0.1, 0.15) is 61.0 Å². The zero-order valence-corrected chi connectivity index (χ0v) is 30.1. The van der Waals surface area contributed by atoms with Gasteiger partial charge in [-0.05, 0) is 35.4 Å². The van der Waals surface area contributed by atoms with Crippen LogP contribution in [-0.2, 0) is 33.3 Å². The van der Waals surface area contributed by atoms with Gasteiger partial charge in [-0.1, -0.05) is 48.9 Å². The number of benzene rings is 2. The van der Waals surface area contributed by atoms with Gasteiger partial charge in [0.15, 0.2) is 12.1 Å². The molecule has 18 nitrogen and oxygen atoms in total. The fourth-order valence-electron chi connectivity index (χ4n) is 7.04. The molecule has 0 radical (unpaired) electrons. The fraction of sp³-hybridized carbons (Fsp3) is 0.622. The number of aryl methyl sites for hydroxylation is 1. The van der Waals surface area contributed by atoms with Crippen molar-refractivity contribution in [3.05, 3.63) is 53.6 Å². The van der Waals surface area contributed by atoms with Crippen LogP contribution in [0.4, 0.5) is 0 Å². The van der Waals surface area contributed by atoms with E-state index < -0.39 is 142 Å². The molecule has 16 atom stereocenters. The minimum atomic E-state index is -2.69. The Labute approximate surface area is 315 Å². The van der Waals surface area contributed by atoms with E-state index in [1.807, 2.05) is 43.3 Å². The maximum absolute atomic E-state index is 12.9. The van der Waals surface area contributed by atoms with E-state index in [4.69, 9.17) is 23.7 Å². The average molecular weight is 783 g/mol. The van der Waals surface area contributed by atoms with Crippen molar-refractivity contribution in [2.24, 2.45) is 5.92 Å². The first-order chi connectivity index (χ1) is 26.0. The van der Waals surface area contributed by atoms with E-state index in [9.17, 15) is 65.8 Å². The van der Waals surface area contributed by atoms with Crippen LogP contribution in [0.15, 0.2) is 42.5 Å². The average Bonchev–Trinajstić information content (AvgIpc) is 3.16. The normalized spacial score (nSPS) is 38.2. The van der Waals surface area contributed by atoms with E-state index in [1.165, 1.54) is 13.0 Å². The van der Waals surface area contributed by atoms with Crippen LogP contribution in [0.25, 0.3) is 16.8 Å². The number of hydrogen-bond acceptors (Lipinski definition) is 17. The number of hydrogen-bond donors (Lipinski definition) is 11. The van der Waals surface area contributed by atoms with Gasteiger partial charge in [0, 0.05) is 18.8 Å². The first-order valence-electron chi connectivity index (χ1n) is 17.9. The predicted octanol–water partition coefficient (Wildman–Crippen LogP) is -2.91. The number of carboxylic acids is 1. The van der Waals surface area contributed by atoms with Crippen LogP contribution in [0, 0.1) is 12.8 Å². The van der Waals surface area contributed by atoms with E-state index in [0.717, 1.165) is 21.9 Å². The highest BCUT2D eigenvalue weighted by atomic mass is 16.8. The van der Waals surface area contributed by atoms with Crippen LogP contribution < -0.4 is 0 Å². The van der Waals surface area contributed by atoms with Crippen LogP contribution in [0.2, 0.25) is 0 Å². The highest BCUT2D eigenvalue weighted by molar-refractivity contribution is 5.95. The van der Waals surface area contributed by atoms with Crippen LogP contribution in [0.3, 0.4) is 0 Å². The van der Waals surface area contributed by atoms with Gasteiger partial charge >= 0.3 is 5.97 Å². The van der Waals surface area contributed by atoms with E-state index in [2.05, 4.69) is 0 Å². The Morgan fingerprint density at radius 3 is 2.24 bits per heavy atom. The fourth-order valence-corrected chi connectivity index (χ4v) is 7.04. The Kier molecular flexibility index (Phi) is 14.2. The molecule has 11 N–H and O–H groups in total. The van der Waals surface area contributed by atoms with E-state index in [0.29, 0.717) is 0 Å². The number of carbonyl (C=O) groups is 2. The van der Waals surface area contributed by atoms with Gasteiger partial charge in [0.2, 0.25) is 0 Å². The topological polar surface area (TPSA) is 303 Å². The third-order valence-corrected chi connectivity index (χ3v) is 10.5. The lowest BCUT2D eigenvalue weighted by Gasteiger charge is -2.47. The van der Waals surface area contributed by atoms with Crippen LogP contribution in [0.1, 0.15) is 30.9 Å². The van der Waals surface area contributed by atoms with Gasteiger partial charge in [-0.15, -0.1) is 0 Å². The monoisotopic (exact) mass is 782 g/mol. The summed E-state index contributed by atoms with van der Waals surface area (Å²) in [5, 5.41) is 117. The van der Waals surface area contributed by atoms with Gasteiger partial charge in [-0.3, -0.25) is 4.79 Å². The van der Waals surface area contributed by atoms with Crippen molar-refractivity contribution in [2.45, 2.75) is 118 Å². The number of ether oxygens (including phenoxy) is 5. The van der Waals surface area contributed by atoms with E-state index >= 15 is 0 Å². The van der Waals surface area contributed by atoms with Crippen molar-refractivity contribution in [2.75, 3.05) is 19.8 Å². The van der Waals surface area contributed by atoms with E-state index in [1.54, 1.807) is 6.08 Å². The minimum Gasteiger partial charge on any atom is -0.477 e. The van der Waals surface area contributed by atoms with Crippen LogP contribution in [-0.4, -0.2) is 179 Å². The molecule has 55 heavy (non-hydrogen) atoms. The summed E-state index contributed by atoms with van der Waals surface area (Å²) < 4.78 is 28.1. The summed E-state index contributed by atoms with van der Waals surface area (Å²) in [5.74, 6) is -5.87. The second-order valence-electron chi connectivity index (χ2n) is 14.4. The Morgan fingerprint density at radius 2 is 1.56 bits per heavy atom. The largest absolute Gasteiger partial charge is 0.477 e. The second kappa shape index (κ2) is 18.1. The van der Waals surface area contributed by atoms with Crippen molar-refractivity contribution < 1.29 is 89.4 Å². The summed E-state index contributed by atoms with van der Waals surface area (Å²) in [4.78, 5) is 25.3. The summed E-state index contributed by atoms with van der Waals surface area (Å²) in [7, 11) is 0. The van der Waals surface area contributed by atoms with Crippen LogP contribution >= 0.6 is 0 Å². The van der Waals surface area contributed by atoms with Crippen molar-refractivity contribution in [1.29, 1.82) is 0 Å². The summed E-state index contributed by atoms with van der Waals surface area (Å²) >= 11 is 0. The number of ketones is 1. The number of aliphatic hydroxyl groups is 10. The minimum absolute atomic E-state index is 0.394. The Bertz CT molecular complexity index is 1650. The highest BCUT2D eigenvalue weighted by Crippen LogP contribution is 2.38. The molecule has 3 saturated heterocycles. The van der Waals surface area contributed by atoms with Crippen molar-refractivity contribution in [1.82, 2.24) is 0 Å². The third-order valence-electron chi connectivity index (χ3n) is 10.5. The van der Waals surface area contributed by atoms with Crippen molar-refractivity contribution in [3.8, 4) is 0 Å². The Hall–Kier alpha value is -3.02. The molecule has 0 aromatic heterocycles. The molecule has 0 saturated carbocycles. The lowest BCUT2D eigenvalue weighted by Crippen LogP contribution is -2.65. The molecule has 5 rings (SSSR count). The number of rotatable bonds is 14. The lowest BCUT2D eigenvalue weighted by molar-refractivity contribution is -0.358. The molecule has 5 unspecified atom stereocenters. The molecule has 2 aromatic rings. The smallest absolute Gasteiger partial charge is 0.364 e. The van der Waals surface area contributed by atoms with Gasteiger partial charge in [0.05, 0.1) is 38.1 Å². The molecule has 2 aromatic carbocycles. The summed E-state index contributed by atoms with van der Waals surface area (Å²) in [6.07, 6.45) is -22.3. The molecule has 0 aliphatic carbocycles. The standard InChI is InChI=1S/C37H50O18/c1-16-3-6-20-10-18(4-7-19(20)9-16)5-8-21(40)11-24-28(44)31(47)34(25(14-39)52-24)54-35-32(48)30(46)29(45)26(53-35)15-51-37(36(49)50)12-22(41)17(2)33(55-37)27(43)23(42)13-38/h3-10,17,22-35,38-39,41-48H,11-15H2,1-2H3,(H,49,50)/b8-5+/t17-,22-,23-,24+,25?,26?,27-,28?,29+,30+,31-,32?,33?,34-,35+,37-/m1/s1. The van der Waals surface area contributed by atoms with E-state index in [-0.39, 0.29) is 0 Å². The van der Waals surface area contributed by atoms with Crippen molar-refractivity contribution >= 4 is 28.6 Å². The summed E-state index contributed by atoms with van der Waals surface area (Å²) in [5.41, 5.74) is 1.85. The molecule has 3 aliphatic rings. The maximum Gasteiger partial charge on any atom is 0.364 e. The molecule has 18 heteroatoms. The lowest BCUT2D eigenvalue weighted by atomic mass is 9.84. The number of fused-ring (bicyclic) bond motifs is 1. The van der Waals surface area contributed by atoms with Gasteiger partial charge in [0.25, 0.3) is 5.79 Å². The zero-order valence-electron chi connectivity index (χ0n) is 30.1. The SMILES string of the molecule is Cc1ccc2cc(/C=C/C(=O)C[C@@H]3OC(CO)[C@@H](O[C@@H]4OC(CO[C@]5(C(=O)O)C[C@@H](O)[C@@H](C)C([C@H](O)[C@H](O)CO)O5)[C@H](O)[C@H](O)C4O)[C@H](O)C3O)ccc2c1. The molecular formula is C37H50O18. The summed E-state index contributed by atoms with van der Waals surface area (Å²) in [6.45, 7) is 0.787. The first kappa shape index (κ1) is 43.1. The second-order valence-corrected chi connectivity index (χ2v) is 14.4. The number of carbonyl (C=O) groups excluding carboxylic acids is 1. The molecule has 3 aliphatic heterocycles. The predicted molar refractivity (Wildman–Crippen MR) is 187 cm³/mol. The molecule has 0 bridgehead atoms. The molecule has 306 valence electrons. The first-order valence-corrected chi connectivity index (χ1v) is 17.9. The third kappa shape index (κ3) is 9.41. The number of aliphatic hydroxyl groups excluding tert-OH is 10. The Morgan fingerprint density at radius 1 is 0.891 bits per heavy atom. The Balaban J connectivity index is 1.23. The molecule has 3 fully saturated rings. The maximum atomic E-state index is 12.9. The molecule has 0 spiro atoms. The summed E-state index contributed by atoms with van der Waals surface area (Å²) in [6, 6.07) is 11.6.